The van der Waals surface area contributed by atoms with Crippen LogP contribution in [0, 0.1) is 0 Å². The normalized spacial score (nSPS) is 27.8. The van der Waals surface area contributed by atoms with Gasteiger partial charge in [-0.3, -0.25) is 9.59 Å². The van der Waals surface area contributed by atoms with Gasteiger partial charge in [-0.15, -0.1) is 0 Å². The predicted molar refractivity (Wildman–Crippen MR) is 43.5 cm³/mol. The van der Waals surface area contributed by atoms with E-state index in [0.29, 0.717) is 0 Å². The minimum atomic E-state index is -1.52. The van der Waals surface area contributed by atoms with E-state index in [2.05, 4.69) is 0 Å². The van der Waals surface area contributed by atoms with Crippen molar-refractivity contribution in [1.82, 2.24) is 0 Å². The van der Waals surface area contributed by atoms with Crippen LogP contribution in [0.25, 0.3) is 0 Å². The molecule has 0 aliphatic carbocycles. The van der Waals surface area contributed by atoms with Crippen molar-refractivity contribution in [2.24, 2.45) is 5.73 Å². The fourth-order valence-electron chi connectivity index (χ4n) is 1.25. The van der Waals surface area contributed by atoms with Crippen LogP contribution in [0.2, 0.25) is 0 Å². The van der Waals surface area contributed by atoms with Gasteiger partial charge in [-0.2, -0.15) is 0 Å². The molecule has 0 radical (unpaired) electrons. The van der Waals surface area contributed by atoms with Crippen molar-refractivity contribution in [1.29, 1.82) is 0 Å². The van der Waals surface area contributed by atoms with Crippen LogP contribution < -0.4 is 5.73 Å². The summed E-state index contributed by atoms with van der Waals surface area (Å²) in [6.45, 7) is 3.49. The van der Waals surface area contributed by atoms with Crippen LogP contribution >= 0.6 is 0 Å². The maximum absolute atomic E-state index is 11.0. The van der Waals surface area contributed by atoms with Gasteiger partial charge in [0.25, 0.3) is 11.7 Å². The summed E-state index contributed by atoms with van der Waals surface area (Å²) in [6.07, 6.45) is 0.174. The zero-order valence-electron chi connectivity index (χ0n) is 7.70. The third-order valence-corrected chi connectivity index (χ3v) is 1.74. The third kappa shape index (κ3) is 1.98. The van der Waals surface area contributed by atoms with Gasteiger partial charge < -0.3 is 15.2 Å². The number of primary amides is 1. The maximum Gasteiger partial charge on any atom is 0.309 e. The molecular formula is C8H13NO4. The fourth-order valence-corrected chi connectivity index (χ4v) is 1.25. The lowest BCUT2D eigenvalue weighted by Crippen LogP contribution is -2.47. The van der Waals surface area contributed by atoms with Crippen molar-refractivity contribution in [3.8, 4) is 0 Å². The maximum atomic E-state index is 11.0. The summed E-state index contributed by atoms with van der Waals surface area (Å²) in [4.78, 5) is 21.9. The lowest BCUT2D eigenvalue weighted by molar-refractivity contribution is -0.221. The van der Waals surface area contributed by atoms with Crippen molar-refractivity contribution >= 4 is 11.9 Å². The quantitative estimate of drug-likeness (QED) is 0.627. The highest BCUT2D eigenvalue weighted by Gasteiger charge is 2.47. The van der Waals surface area contributed by atoms with Crippen LogP contribution in [0.15, 0.2) is 0 Å². The number of nitrogens with two attached hydrogens (primary N) is 1. The molecule has 0 bridgehead atoms. The Labute approximate surface area is 76.2 Å². The number of hydrogen-bond acceptors (Lipinski definition) is 4. The number of amides is 1. The van der Waals surface area contributed by atoms with Gasteiger partial charge in [0.15, 0.2) is 0 Å². The van der Waals surface area contributed by atoms with E-state index >= 15 is 0 Å². The number of cyclic esters (lactones) is 1. The van der Waals surface area contributed by atoms with E-state index in [9.17, 15) is 9.59 Å². The molecule has 1 rings (SSSR count). The van der Waals surface area contributed by atoms with Gasteiger partial charge in [0, 0.05) is 6.42 Å². The molecular weight excluding hydrogens is 174 g/mol. The predicted octanol–water partition coefficient (Wildman–Crippen LogP) is -0.0700. The Hall–Kier alpha value is -1.10. The number of rotatable bonds is 3. The third-order valence-electron chi connectivity index (χ3n) is 1.74. The second kappa shape index (κ2) is 3.33. The first-order chi connectivity index (χ1) is 5.96. The van der Waals surface area contributed by atoms with E-state index in [4.69, 9.17) is 15.2 Å². The first-order valence-corrected chi connectivity index (χ1v) is 4.16. The molecule has 74 valence electrons. The lowest BCUT2D eigenvalue weighted by Gasteiger charge is -2.25. The summed E-state index contributed by atoms with van der Waals surface area (Å²) in [6, 6.07) is 0. The standard InChI is InChI=1S/C8H13NO4/c1-5(2)12-8(7(9)11)4-3-6(10)13-8/h5H,3-4H2,1-2H3,(H2,9,11). The van der Waals surface area contributed by atoms with Crippen LogP contribution in [0.3, 0.4) is 0 Å². The molecule has 1 heterocycles. The van der Waals surface area contributed by atoms with Crippen LogP contribution in [0.1, 0.15) is 26.7 Å². The summed E-state index contributed by atoms with van der Waals surface area (Å²) >= 11 is 0. The Morgan fingerprint density at radius 3 is 2.62 bits per heavy atom. The van der Waals surface area contributed by atoms with Crippen molar-refractivity contribution in [3.05, 3.63) is 0 Å². The van der Waals surface area contributed by atoms with Gasteiger partial charge in [0.05, 0.1) is 12.5 Å². The topological polar surface area (TPSA) is 78.6 Å². The molecule has 13 heavy (non-hydrogen) atoms. The molecule has 1 atom stereocenters. The SMILES string of the molecule is CC(C)OC1(C(N)=O)CCC(=O)O1. The Kier molecular flexibility index (Phi) is 2.56. The molecule has 1 aliphatic heterocycles. The largest absolute Gasteiger partial charge is 0.423 e. The van der Waals surface area contributed by atoms with Gasteiger partial charge in [-0.25, -0.2) is 0 Å². The average molecular weight is 187 g/mol. The highest BCUT2D eigenvalue weighted by molar-refractivity contribution is 5.87. The molecule has 0 aromatic carbocycles. The second-order valence-electron chi connectivity index (χ2n) is 3.26. The van der Waals surface area contributed by atoms with Gasteiger partial charge in [0.2, 0.25) is 0 Å². The Morgan fingerprint density at radius 2 is 2.31 bits per heavy atom. The van der Waals surface area contributed by atoms with E-state index in [1.165, 1.54) is 0 Å². The van der Waals surface area contributed by atoms with E-state index in [-0.39, 0.29) is 18.9 Å². The average Bonchev–Trinajstić information content (AvgIpc) is 2.31. The minimum Gasteiger partial charge on any atom is -0.423 e. The number of esters is 1. The molecule has 0 saturated carbocycles. The number of carbonyl (C=O) groups excluding carboxylic acids is 2. The smallest absolute Gasteiger partial charge is 0.309 e. The second-order valence-corrected chi connectivity index (χ2v) is 3.26. The Bertz CT molecular complexity index is 238. The fraction of sp³-hybridized carbons (Fsp3) is 0.750. The van der Waals surface area contributed by atoms with Crippen molar-refractivity contribution in [2.45, 2.75) is 38.6 Å². The summed E-state index contributed by atoms with van der Waals surface area (Å²) < 4.78 is 10.00. The minimum absolute atomic E-state index is 0.176. The molecule has 0 spiro atoms. The number of ether oxygens (including phenoxy) is 2. The lowest BCUT2D eigenvalue weighted by atomic mass is 10.1. The molecule has 1 saturated heterocycles. The van der Waals surface area contributed by atoms with E-state index < -0.39 is 17.7 Å². The number of carbonyl (C=O) groups is 2. The summed E-state index contributed by atoms with van der Waals surface area (Å²) in [5, 5.41) is 0. The Balaban J connectivity index is 2.77. The zero-order valence-corrected chi connectivity index (χ0v) is 7.70. The Morgan fingerprint density at radius 1 is 1.69 bits per heavy atom. The summed E-state index contributed by atoms with van der Waals surface area (Å²) in [7, 11) is 0. The van der Waals surface area contributed by atoms with E-state index in [0.717, 1.165) is 0 Å². The molecule has 0 aromatic heterocycles. The van der Waals surface area contributed by atoms with Crippen molar-refractivity contribution < 1.29 is 19.1 Å². The molecule has 5 heteroatoms. The van der Waals surface area contributed by atoms with Gasteiger partial charge >= 0.3 is 5.97 Å². The molecule has 1 fully saturated rings. The van der Waals surface area contributed by atoms with Gasteiger partial charge in [0.1, 0.15) is 0 Å². The molecule has 1 unspecified atom stereocenters. The van der Waals surface area contributed by atoms with Crippen LogP contribution in [-0.4, -0.2) is 23.8 Å². The van der Waals surface area contributed by atoms with Gasteiger partial charge in [-0.05, 0) is 13.8 Å². The van der Waals surface area contributed by atoms with Crippen molar-refractivity contribution in [3.63, 3.8) is 0 Å². The van der Waals surface area contributed by atoms with Crippen LogP contribution in [-0.2, 0) is 19.1 Å². The molecule has 0 aromatic rings. The van der Waals surface area contributed by atoms with E-state index in [1.807, 2.05) is 0 Å². The van der Waals surface area contributed by atoms with Crippen LogP contribution in [0.4, 0.5) is 0 Å². The highest BCUT2D eigenvalue weighted by atomic mass is 16.7. The highest BCUT2D eigenvalue weighted by Crippen LogP contribution is 2.28. The first kappa shape index (κ1) is 9.98. The summed E-state index contributed by atoms with van der Waals surface area (Å²) in [5.74, 6) is -2.71. The van der Waals surface area contributed by atoms with Crippen LogP contribution in [0.5, 0.6) is 0 Å². The zero-order chi connectivity index (χ0) is 10.1. The van der Waals surface area contributed by atoms with Gasteiger partial charge in [-0.1, -0.05) is 0 Å². The molecule has 5 nitrogen and oxygen atoms in total. The monoisotopic (exact) mass is 187 g/mol. The molecule has 1 amide bonds. The first-order valence-electron chi connectivity index (χ1n) is 4.16. The van der Waals surface area contributed by atoms with E-state index in [1.54, 1.807) is 13.8 Å². The summed E-state index contributed by atoms with van der Waals surface area (Å²) in [5.41, 5.74) is 5.10. The molecule has 2 N–H and O–H groups in total. The van der Waals surface area contributed by atoms with Crippen molar-refractivity contribution in [2.75, 3.05) is 0 Å². The number of hydrogen-bond donors (Lipinski definition) is 1. The molecule has 1 aliphatic rings.